The highest BCUT2D eigenvalue weighted by Gasteiger charge is 1.82. The summed E-state index contributed by atoms with van der Waals surface area (Å²) in [5, 5.41) is 16.9. The summed E-state index contributed by atoms with van der Waals surface area (Å²) in [4.78, 5) is 0. The normalized spacial score (nSPS) is 11.9. The smallest absolute Gasteiger partial charge is 0.112 e. The molecule has 2 N–H and O–H groups in total. The van der Waals surface area contributed by atoms with Crippen LogP contribution < -0.4 is 0 Å². The maximum atomic E-state index is 8.63. The highest BCUT2D eigenvalue weighted by molar-refractivity contribution is 5.03. The van der Waals surface area contributed by atoms with Gasteiger partial charge in [-0.2, -0.15) is 0 Å². The largest absolute Gasteiger partial charge is 0.394 e. The van der Waals surface area contributed by atoms with Crippen molar-refractivity contribution in [3.63, 3.8) is 0 Å². The molecule has 0 rings (SSSR count). The molecule has 1 unspecified atom stereocenters. The van der Waals surface area contributed by atoms with Crippen LogP contribution in [0.5, 0.6) is 0 Å². The van der Waals surface area contributed by atoms with Gasteiger partial charge in [-0.25, -0.2) is 0 Å². The Bertz CT molecular complexity index is 121. The van der Waals surface area contributed by atoms with Crippen LogP contribution in [0.1, 0.15) is 6.92 Å². The zero-order chi connectivity index (χ0) is 7.82. The van der Waals surface area contributed by atoms with Crippen molar-refractivity contribution in [2.45, 2.75) is 13.0 Å². The molecule has 0 radical (unpaired) electrons. The molecule has 58 valence electrons. The standard InChI is InChI=1S/C7H12O3/c1-7(9)3-2-5-10-6-4-8/h7-9H,4-6H2,1H3. The van der Waals surface area contributed by atoms with Crippen molar-refractivity contribution in [2.24, 2.45) is 0 Å². The van der Waals surface area contributed by atoms with E-state index in [0.29, 0.717) is 6.61 Å². The summed E-state index contributed by atoms with van der Waals surface area (Å²) in [6.45, 7) is 2.16. The minimum atomic E-state index is -0.599. The van der Waals surface area contributed by atoms with Crippen LogP contribution in [0.2, 0.25) is 0 Å². The molecular formula is C7H12O3. The first-order valence-electron chi connectivity index (χ1n) is 3.12. The summed E-state index contributed by atoms with van der Waals surface area (Å²) in [5.41, 5.74) is 0. The SMILES string of the molecule is CC(O)C#CCOCCO. The van der Waals surface area contributed by atoms with Crippen LogP contribution >= 0.6 is 0 Å². The lowest BCUT2D eigenvalue weighted by molar-refractivity contribution is 0.115. The lowest BCUT2D eigenvalue weighted by Crippen LogP contribution is -2.00. The van der Waals surface area contributed by atoms with Crippen LogP contribution in [0, 0.1) is 11.8 Å². The van der Waals surface area contributed by atoms with E-state index in [1.165, 1.54) is 0 Å². The molecule has 10 heavy (non-hydrogen) atoms. The molecule has 0 aliphatic rings. The van der Waals surface area contributed by atoms with E-state index in [4.69, 9.17) is 14.9 Å². The predicted molar refractivity (Wildman–Crippen MR) is 37.4 cm³/mol. The van der Waals surface area contributed by atoms with Gasteiger partial charge in [0.1, 0.15) is 12.7 Å². The fraction of sp³-hybridized carbons (Fsp3) is 0.714. The van der Waals surface area contributed by atoms with Crippen LogP contribution in [0.4, 0.5) is 0 Å². The molecule has 0 bridgehead atoms. The van der Waals surface area contributed by atoms with Gasteiger partial charge in [-0.1, -0.05) is 11.8 Å². The quantitative estimate of drug-likeness (QED) is 0.410. The Balaban J connectivity index is 3.12. The summed E-state index contributed by atoms with van der Waals surface area (Å²) in [7, 11) is 0. The molecule has 0 aromatic rings. The third-order valence-electron chi connectivity index (χ3n) is 0.721. The molecule has 1 atom stereocenters. The summed E-state index contributed by atoms with van der Waals surface area (Å²) in [6, 6.07) is 0. The van der Waals surface area contributed by atoms with E-state index in [0.717, 1.165) is 0 Å². The van der Waals surface area contributed by atoms with Gasteiger partial charge in [-0.3, -0.25) is 0 Å². The average Bonchev–Trinajstić information content (AvgIpc) is 1.87. The second-order valence-corrected chi connectivity index (χ2v) is 1.77. The minimum Gasteiger partial charge on any atom is -0.394 e. The molecule has 0 aliphatic heterocycles. The minimum absolute atomic E-state index is 0.0103. The maximum absolute atomic E-state index is 8.63. The van der Waals surface area contributed by atoms with Crippen molar-refractivity contribution in [1.82, 2.24) is 0 Å². The fourth-order valence-corrected chi connectivity index (χ4v) is 0.377. The highest BCUT2D eigenvalue weighted by Crippen LogP contribution is 1.74. The molecule has 0 amide bonds. The van der Waals surface area contributed by atoms with Gasteiger partial charge >= 0.3 is 0 Å². The number of aliphatic hydroxyl groups excluding tert-OH is 2. The van der Waals surface area contributed by atoms with E-state index in [9.17, 15) is 0 Å². The molecule has 0 saturated carbocycles. The highest BCUT2D eigenvalue weighted by atomic mass is 16.5. The molecule has 3 nitrogen and oxygen atoms in total. The van der Waals surface area contributed by atoms with Crippen LogP contribution in [0.15, 0.2) is 0 Å². The number of hydrogen-bond acceptors (Lipinski definition) is 3. The average molecular weight is 144 g/mol. The van der Waals surface area contributed by atoms with Crippen molar-refractivity contribution in [1.29, 1.82) is 0 Å². The molecule has 0 aliphatic carbocycles. The Kier molecular flexibility index (Phi) is 6.19. The van der Waals surface area contributed by atoms with Crippen LogP contribution in [0.25, 0.3) is 0 Å². The molecule has 0 aromatic carbocycles. The molecule has 0 spiro atoms. The molecular weight excluding hydrogens is 132 g/mol. The van der Waals surface area contributed by atoms with Crippen molar-refractivity contribution < 1.29 is 14.9 Å². The van der Waals surface area contributed by atoms with E-state index >= 15 is 0 Å². The van der Waals surface area contributed by atoms with Crippen molar-refractivity contribution in [2.75, 3.05) is 19.8 Å². The molecule has 0 heterocycles. The third-order valence-corrected chi connectivity index (χ3v) is 0.721. The summed E-state index contributed by atoms with van der Waals surface area (Å²) >= 11 is 0. The number of rotatable bonds is 3. The van der Waals surface area contributed by atoms with Gasteiger partial charge in [0.25, 0.3) is 0 Å². The summed E-state index contributed by atoms with van der Waals surface area (Å²) in [5.74, 6) is 5.09. The Morgan fingerprint density at radius 2 is 2.30 bits per heavy atom. The van der Waals surface area contributed by atoms with Gasteiger partial charge in [0.2, 0.25) is 0 Å². The topological polar surface area (TPSA) is 49.7 Å². The third kappa shape index (κ3) is 7.44. The van der Waals surface area contributed by atoms with Gasteiger partial charge in [-0.15, -0.1) is 0 Å². The number of hydrogen-bond donors (Lipinski definition) is 2. The van der Waals surface area contributed by atoms with Crippen LogP contribution in [0.3, 0.4) is 0 Å². The van der Waals surface area contributed by atoms with Gasteiger partial charge in [0, 0.05) is 0 Å². The summed E-state index contributed by atoms with van der Waals surface area (Å²) < 4.78 is 4.80. The van der Waals surface area contributed by atoms with E-state index in [1.54, 1.807) is 6.92 Å². The monoisotopic (exact) mass is 144 g/mol. The Morgan fingerprint density at radius 3 is 2.80 bits per heavy atom. The number of aliphatic hydroxyl groups is 2. The first-order chi connectivity index (χ1) is 4.77. The van der Waals surface area contributed by atoms with E-state index in [-0.39, 0.29) is 13.2 Å². The van der Waals surface area contributed by atoms with Gasteiger partial charge in [0.15, 0.2) is 0 Å². The number of ether oxygens (including phenoxy) is 1. The first-order valence-corrected chi connectivity index (χ1v) is 3.12. The van der Waals surface area contributed by atoms with Gasteiger partial charge in [0.05, 0.1) is 13.2 Å². The second-order valence-electron chi connectivity index (χ2n) is 1.77. The molecule has 3 heteroatoms. The zero-order valence-corrected chi connectivity index (χ0v) is 6.00. The maximum Gasteiger partial charge on any atom is 0.112 e. The van der Waals surface area contributed by atoms with E-state index < -0.39 is 6.10 Å². The Hall–Kier alpha value is -0.560. The lowest BCUT2D eigenvalue weighted by Gasteiger charge is -1.93. The second kappa shape index (κ2) is 6.56. The molecule has 0 saturated heterocycles. The van der Waals surface area contributed by atoms with Gasteiger partial charge in [-0.05, 0) is 6.92 Å². The lowest BCUT2D eigenvalue weighted by atomic mass is 10.4. The van der Waals surface area contributed by atoms with E-state index in [2.05, 4.69) is 11.8 Å². The molecule has 0 aromatic heterocycles. The first kappa shape index (κ1) is 9.44. The van der Waals surface area contributed by atoms with Crippen molar-refractivity contribution in [3.05, 3.63) is 0 Å². The predicted octanol–water partition coefficient (Wildman–Crippen LogP) is -0.621. The van der Waals surface area contributed by atoms with E-state index in [1.807, 2.05) is 0 Å². The van der Waals surface area contributed by atoms with Crippen LogP contribution in [-0.4, -0.2) is 36.1 Å². The summed E-state index contributed by atoms with van der Waals surface area (Å²) in [6.07, 6.45) is -0.599. The molecule has 0 fully saturated rings. The zero-order valence-electron chi connectivity index (χ0n) is 6.00. The van der Waals surface area contributed by atoms with Crippen LogP contribution in [-0.2, 0) is 4.74 Å². The fourth-order valence-electron chi connectivity index (χ4n) is 0.377. The Labute approximate surface area is 60.6 Å². The van der Waals surface area contributed by atoms with Gasteiger partial charge < -0.3 is 14.9 Å². The Morgan fingerprint density at radius 1 is 1.60 bits per heavy atom. The van der Waals surface area contributed by atoms with Crippen molar-refractivity contribution >= 4 is 0 Å². The van der Waals surface area contributed by atoms with Crippen molar-refractivity contribution in [3.8, 4) is 11.8 Å².